The monoisotopic (exact) mass is 473 g/mol. The number of anilines is 1. The maximum Gasteiger partial charge on any atom is 0.134 e. The van der Waals surface area contributed by atoms with E-state index in [4.69, 9.17) is 26.6 Å². The van der Waals surface area contributed by atoms with Crippen molar-refractivity contribution in [3.05, 3.63) is 77.1 Å². The van der Waals surface area contributed by atoms with Crippen LogP contribution in [0.1, 0.15) is 24.0 Å². The Morgan fingerprint density at radius 3 is 2.79 bits per heavy atom. The number of fused-ring (bicyclic) bond motifs is 3. The van der Waals surface area contributed by atoms with Crippen LogP contribution in [0.4, 0.5) is 5.82 Å². The quantitative estimate of drug-likeness (QED) is 0.209. The maximum atomic E-state index is 8.85. The van der Waals surface area contributed by atoms with Crippen molar-refractivity contribution < 1.29 is 4.74 Å². The van der Waals surface area contributed by atoms with Gasteiger partial charge in [-0.1, -0.05) is 41.9 Å². The lowest BCUT2D eigenvalue weighted by atomic mass is 10.1. The van der Waals surface area contributed by atoms with Gasteiger partial charge in [0, 0.05) is 53.3 Å². The van der Waals surface area contributed by atoms with Crippen LogP contribution in [-0.4, -0.2) is 36.3 Å². The molecule has 0 spiro atoms. The van der Waals surface area contributed by atoms with Crippen molar-refractivity contribution >= 4 is 39.1 Å². The molecule has 6 nitrogen and oxygen atoms in total. The molecule has 0 saturated heterocycles. The highest BCUT2D eigenvalue weighted by atomic mass is 35.5. The summed E-state index contributed by atoms with van der Waals surface area (Å²) in [5.41, 5.74) is 2.98. The van der Waals surface area contributed by atoms with Crippen molar-refractivity contribution in [2.75, 3.05) is 31.6 Å². The summed E-state index contributed by atoms with van der Waals surface area (Å²) in [4.78, 5) is 9.07. The van der Waals surface area contributed by atoms with Crippen LogP contribution in [-0.2, 0) is 17.7 Å². The summed E-state index contributed by atoms with van der Waals surface area (Å²) in [6.45, 7) is 3.62. The molecule has 0 fully saturated rings. The predicted octanol–water partition coefficient (Wildman–Crippen LogP) is 5.50. The zero-order valence-electron chi connectivity index (χ0n) is 19.1. The van der Waals surface area contributed by atoms with Crippen molar-refractivity contribution in [3.63, 3.8) is 0 Å². The lowest BCUT2D eigenvalue weighted by molar-refractivity contribution is 0.140. The van der Waals surface area contributed by atoms with Crippen LogP contribution in [0.3, 0.4) is 0 Å². The molecule has 0 aliphatic heterocycles. The molecule has 4 aromatic rings. The summed E-state index contributed by atoms with van der Waals surface area (Å²) in [5, 5.41) is 19.7. The molecule has 2 aromatic heterocycles. The first-order valence-corrected chi connectivity index (χ1v) is 11.9. The van der Waals surface area contributed by atoms with Crippen molar-refractivity contribution in [2.45, 2.75) is 25.8 Å². The fourth-order valence-corrected chi connectivity index (χ4v) is 4.10. The van der Waals surface area contributed by atoms with Gasteiger partial charge in [-0.2, -0.15) is 5.26 Å². The van der Waals surface area contributed by atoms with Crippen molar-refractivity contribution in [3.8, 4) is 6.07 Å². The molecular weight excluding hydrogens is 446 g/mol. The third-order valence-corrected chi connectivity index (χ3v) is 6.01. The van der Waals surface area contributed by atoms with Gasteiger partial charge in [0.25, 0.3) is 0 Å². The molecule has 0 amide bonds. The Kier molecular flexibility index (Phi) is 8.64. The molecule has 34 heavy (non-hydrogen) atoms. The fraction of sp³-hybridized carbons (Fsp3) is 0.296. The third-order valence-electron chi connectivity index (χ3n) is 5.64. The molecule has 2 aromatic carbocycles. The number of rotatable bonds is 12. The minimum Gasteiger partial charge on any atom is -0.380 e. The van der Waals surface area contributed by atoms with E-state index in [2.05, 4.69) is 27.8 Å². The van der Waals surface area contributed by atoms with Crippen LogP contribution in [0.15, 0.2) is 60.9 Å². The number of unbranched alkanes of at least 4 members (excludes halogenated alkanes) is 1. The molecule has 0 saturated carbocycles. The van der Waals surface area contributed by atoms with Gasteiger partial charge in [0.15, 0.2) is 0 Å². The van der Waals surface area contributed by atoms with E-state index in [9.17, 15) is 0 Å². The van der Waals surface area contributed by atoms with E-state index in [1.165, 1.54) is 0 Å². The van der Waals surface area contributed by atoms with Gasteiger partial charge in [-0.3, -0.25) is 4.98 Å². The molecular formula is C27H28ClN5O. The summed E-state index contributed by atoms with van der Waals surface area (Å²) in [6.07, 6.45) is 6.10. The highest BCUT2D eigenvalue weighted by Crippen LogP contribution is 2.28. The Morgan fingerprint density at radius 2 is 1.88 bits per heavy atom. The number of nitrogens with zero attached hydrogens (tertiary/aromatic N) is 3. The SMILES string of the molecule is N#CCc1ccc(Cl)c(CNCCCCOCCNc2nc3ccccc3c3cnccc23)c1. The number of ether oxygens (including phenoxy) is 1. The van der Waals surface area contributed by atoms with Crippen LogP contribution in [0.5, 0.6) is 0 Å². The highest BCUT2D eigenvalue weighted by Gasteiger charge is 2.07. The van der Waals surface area contributed by atoms with E-state index in [-0.39, 0.29) is 0 Å². The number of benzene rings is 2. The largest absolute Gasteiger partial charge is 0.380 e. The maximum absolute atomic E-state index is 8.85. The van der Waals surface area contributed by atoms with Crippen LogP contribution in [0, 0.1) is 11.3 Å². The van der Waals surface area contributed by atoms with E-state index in [1.54, 1.807) is 6.20 Å². The number of para-hydroxylation sites is 1. The van der Waals surface area contributed by atoms with Crippen LogP contribution in [0.2, 0.25) is 5.02 Å². The second-order valence-electron chi connectivity index (χ2n) is 8.08. The van der Waals surface area contributed by atoms with Gasteiger partial charge in [-0.15, -0.1) is 0 Å². The number of pyridine rings is 2. The lowest BCUT2D eigenvalue weighted by Crippen LogP contribution is -2.16. The summed E-state index contributed by atoms with van der Waals surface area (Å²) < 4.78 is 5.80. The molecule has 4 rings (SSSR count). The zero-order valence-corrected chi connectivity index (χ0v) is 19.8. The van der Waals surface area contributed by atoms with E-state index in [0.717, 1.165) is 69.6 Å². The Morgan fingerprint density at radius 1 is 0.971 bits per heavy atom. The average Bonchev–Trinajstić information content (AvgIpc) is 2.87. The second-order valence-corrected chi connectivity index (χ2v) is 8.49. The van der Waals surface area contributed by atoms with Crippen LogP contribution < -0.4 is 10.6 Å². The first-order chi connectivity index (χ1) is 16.8. The van der Waals surface area contributed by atoms with Gasteiger partial charge in [0.1, 0.15) is 5.82 Å². The number of aromatic nitrogens is 2. The Hall–Kier alpha value is -3.24. The Balaban J connectivity index is 1.14. The van der Waals surface area contributed by atoms with Crippen LogP contribution in [0.25, 0.3) is 21.7 Å². The molecule has 0 atom stereocenters. The average molecular weight is 474 g/mol. The van der Waals surface area contributed by atoms with E-state index in [1.807, 2.05) is 48.7 Å². The molecule has 2 N–H and O–H groups in total. The molecule has 0 aliphatic carbocycles. The van der Waals surface area contributed by atoms with Crippen LogP contribution >= 0.6 is 11.6 Å². The number of nitrogens with one attached hydrogen (secondary N) is 2. The molecule has 174 valence electrons. The number of nitriles is 1. The number of hydrogen-bond donors (Lipinski definition) is 2. The van der Waals surface area contributed by atoms with Gasteiger partial charge >= 0.3 is 0 Å². The zero-order chi connectivity index (χ0) is 23.6. The Bertz CT molecular complexity index is 1290. The molecule has 0 aliphatic rings. The van der Waals surface area contributed by atoms with Gasteiger partial charge in [-0.05, 0) is 48.7 Å². The highest BCUT2D eigenvalue weighted by molar-refractivity contribution is 6.31. The smallest absolute Gasteiger partial charge is 0.134 e. The van der Waals surface area contributed by atoms with Crippen molar-refractivity contribution in [1.29, 1.82) is 5.26 Å². The fourth-order valence-electron chi connectivity index (χ4n) is 3.92. The van der Waals surface area contributed by atoms with E-state index < -0.39 is 0 Å². The lowest BCUT2D eigenvalue weighted by Gasteiger charge is -2.12. The third kappa shape index (κ3) is 6.21. The normalized spacial score (nSPS) is 11.1. The molecule has 0 radical (unpaired) electrons. The summed E-state index contributed by atoms with van der Waals surface area (Å²) in [5.74, 6) is 0.862. The molecule has 0 bridgehead atoms. The summed E-state index contributed by atoms with van der Waals surface area (Å²) in [6, 6.07) is 18.1. The number of halogens is 1. The predicted molar refractivity (Wildman–Crippen MR) is 138 cm³/mol. The topological polar surface area (TPSA) is 82.9 Å². The minimum atomic E-state index is 0.403. The van der Waals surface area contributed by atoms with Gasteiger partial charge < -0.3 is 15.4 Å². The first-order valence-electron chi connectivity index (χ1n) is 11.6. The minimum absolute atomic E-state index is 0.403. The van der Waals surface area contributed by atoms with Crippen molar-refractivity contribution in [2.24, 2.45) is 0 Å². The number of hydrogen-bond acceptors (Lipinski definition) is 6. The molecule has 7 heteroatoms. The van der Waals surface area contributed by atoms with E-state index >= 15 is 0 Å². The van der Waals surface area contributed by atoms with Gasteiger partial charge in [-0.25, -0.2) is 4.98 Å². The first kappa shape index (κ1) is 23.9. The molecule has 0 unspecified atom stereocenters. The standard InChI is InChI=1S/C27H28ClN5O/c28-25-8-7-20(9-11-29)17-21(25)18-30-12-3-4-15-34-16-14-32-27-23-10-13-31-19-24(23)22-5-1-2-6-26(22)33-27/h1-2,5-8,10,13,17,19,30H,3-4,9,12,14-16,18H2,(H,32,33). The summed E-state index contributed by atoms with van der Waals surface area (Å²) >= 11 is 6.26. The van der Waals surface area contributed by atoms with E-state index in [0.29, 0.717) is 26.1 Å². The van der Waals surface area contributed by atoms with Gasteiger partial charge in [0.2, 0.25) is 0 Å². The second kappa shape index (κ2) is 12.3. The Labute approximate surface area is 204 Å². The van der Waals surface area contributed by atoms with Gasteiger partial charge in [0.05, 0.1) is 24.6 Å². The molecule has 2 heterocycles. The van der Waals surface area contributed by atoms with Crippen molar-refractivity contribution in [1.82, 2.24) is 15.3 Å². The summed E-state index contributed by atoms with van der Waals surface area (Å²) in [7, 11) is 0.